The number of hydrogen-bond donors (Lipinski definition) is 2. The lowest BCUT2D eigenvalue weighted by Crippen LogP contribution is -2.13. The van der Waals surface area contributed by atoms with E-state index in [1.807, 2.05) is 0 Å². The Balaban J connectivity index is 1.41. The molecule has 0 bridgehead atoms. The molecule has 0 aliphatic heterocycles. The molecule has 0 spiro atoms. The van der Waals surface area contributed by atoms with Crippen molar-refractivity contribution in [2.24, 2.45) is 0 Å². The summed E-state index contributed by atoms with van der Waals surface area (Å²) in [5.74, 6) is -0.0527. The second kappa shape index (κ2) is 9.67. The monoisotopic (exact) mass is 470 g/mol. The first kappa shape index (κ1) is 21.6. The van der Waals surface area contributed by atoms with Crippen molar-refractivity contribution < 1.29 is 23.5 Å². The summed E-state index contributed by atoms with van der Waals surface area (Å²) in [5.41, 5.74) is 1.20. The number of carbonyl (C=O) groups excluding carboxylic acids is 1. The molecule has 0 saturated heterocycles. The molecular formula is C21H15ClN4O5S. The molecule has 162 valence electrons. The molecule has 0 unspecified atom stereocenters. The van der Waals surface area contributed by atoms with Gasteiger partial charge in [-0.15, -0.1) is 10.2 Å². The van der Waals surface area contributed by atoms with Crippen molar-refractivity contribution in [3.8, 4) is 22.9 Å². The summed E-state index contributed by atoms with van der Waals surface area (Å²) in [6, 6.07) is 11.3. The Morgan fingerprint density at radius 1 is 1.03 bits per heavy atom. The topological polar surface area (TPSA) is 131 Å². The van der Waals surface area contributed by atoms with Crippen LogP contribution in [0.2, 0.25) is 5.02 Å². The number of thioether (sulfide) groups is 1. The quantitative estimate of drug-likeness (QED) is 0.346. The van der Waals surface area contributed by atoms with Gasteiger partial charge in [0.2, 0.25) is 11.1 Å². The summed E-state index contributed by atoms with van der Waals surface area (Å²) in [4.78, 5) is 27.9. The van der Waals surface area contributed by atoms with Crippen LogP contribution in [-0.2, 0) is 4.79 Å². The first-order valence-corrected chi connectivity index (χ1v) is 10.7. The molecule has 2 N–H and O–H groups in total. The number of furan rings is 2. The average molecular weight is 471 g/mol. The number of rotatable bonds is 8. The van der Waals surface area contributed by atoms with Crippen LogP contribution in [0, 0.1) is 0 Å². The van der Waals surface area contributed by atoms with E-state index in [4.69, 9.17) is 25.5 Å². The maximum absolute atomic E-state index is 12.2. The summed E-state index contributed by atoms with van der Waals surface area (Å²) in [7, 11) is 0. The van der Waals surface area contributed by atoms with Crippen molar-refractivity contribution in [3.05, 3.63) is 65.6 Å². The van der Waals surface area contributed by atoms with Gasteiger partial charge < -0.3 is 19.3 Å². The SMILES string of the molecule is O=C(CCSc1nnc(-c2ccco2)c(-c2ccco2)n1)Nc1ccc(Cl)c(C(=O)O)c1. The van der Waals surface area contributed by atoms with Crippen LogP contribution in [0.3, 0.4) is 0 Å². The Hall–Kier alpha value is -3.63. The number of amides is 1. The molecule has 4 rings (SSSR count). The van der Waals surface area contributed by atoms with E-state index in [1.165, 1.54) is 42.5 Å². The summed E-state index contributed by atoms with van der Waals surface area (Å²) in [6.07, 6.45) is 3.21. The number of carbonyl (C=O) groups is 2. The number of carboxylic acids is 1. The van der Waals surface area contributed by atoms with Gasteiger partial charge in [0.05, 0.1) is 23.1 Å². The predicted octanol–water partition coefficient (Wildman–Crippen LogP) is 4.86. The molecule has 3 heterocycles. The number of aromatic nitrogens is 3. The minimum Gasteiger partial charge on any atom is -0.478 e. The van der Waals surface area contributed by atoms with Gasteiger partial charge in [0.15, 0.2) is 17.2 Å². The average Bonchev–Trinajstić information content (AvgIpc) is 3.49. The summed E-state index contributed by atoms with van der Waals surface area (Å²) >= 11 is 7.10. The third-order valence-corrected chi connectivity index (χ3v) is 5.39. The highest BCUT2D eigenvalue weighted by molar-refractivity contribution is 7.99. The molecule has 3 aromatic heterocycles. The normalized spacial score (nSPS) is 10.8. The number of halogens is 1. The molecule has 0 aliphatic carbocycles. The van der Waals surface area contributed by atoms with Gasteiger partial charge in [-0.2, -0.15) is 0 Å². The number of aromatic carboxylic acids is 1. The summed E-state index contributed by atoms with van der Waals surface area (Å²) < 4.78 is 10.9. The largest absolute Gasteiger partial charge is 0.478 e. The van der Waals surface area contributed by atoms with Gasteiger partial charge in [-0.3, -0.25) is 4.79 Å². The fraction of sp³-hybridized carbons (Fsp3) is 0.0952. The van der Waals surface area contributed by atoms with E-state index in [2.05, 4.69) is 20.5 Å². The number of anilines is 1. The van der Waals surface area contributed by atoms with Crippen LogP contribution in [0.15, 0.2) is 69.0 Å². The molecule has 0 atom stereocenters. The van der Waals surface area contributed by atoms with E-state index >= 15 is 0 Å². The Bertz CT molecular complexity index is 1250. The van der Waals surface area contributed by atoms with Gasteiger partial charge in [0.25, 0.3) is 0 Å². The van der Waals surface area contributed by atoms with Gasteiger partial charge in [-0.25, -0.2) is 9.78 Å². The Kier molecular flexibility index (Phi) is 6.52. The van der Waals surface area contributed by atoms with E-state index in [9.17, 15) is 9.59 Å². The van der Waals surface area contributed by atoms with Crippen LogP contribution in [-0.4, -0.2) is 37.9 Å². The first-order chi connectivity index (χ1) is 15.5. The molecule has 32 heavy (non-hydrogen) atoms. The van der Waals surface area contributed by atoms with Crippen molar-refractivity contribution in [2.75, 3.05) is 11.1 Å². The maximum Gasteiger partial charge on any atom is 0.337 e. The van der Waals surface area contributed by atoms with Crippen LogP contribution in [0.25, 0.3) is 22.9 Å². The van der Waals surface area contributed by atoms with Gasteiger partial charge in [0, 0.05) is 17.9 Å². The van der Waals surface area contributed by atoms with E-state index in [-0.39, 0.29) is 22.9 Å². The smallest absolute Gasteiger partial charge is 0.337 e. The molecule has 0 aliphatic rings. The van der Waals surface area contributed by atoms with E-state index in [1.54, 1.807) is 24.3 Å². The van der Waals surface area contributed by atoms with Crippen LogP contribution in [0.5, 0.6) is 0 Å². The molecule has 9 nitrogen and oxygen atoms in total. The molecule has 0 fully saturated rings. The van der Waals surface area contributed by atoms with Crippen molar-refractivity contribution >= 4 is 40.9 Å². The Morgan fingerprint density at radius 3 is 2.41 bits per heavy atom. The molecule has 1 amide bonds. The number of nitrogens with one attached hydrogen (secondary N) is 1. The minimum atomic E-state index is -1.17. The van der Waals surface area contributed by atoms with Crippen LogP contribution < -0.4 is 5.32 Å². The lowest BCUT2D eigenvalue weighted by atomic mass is 10.2. The molecule has 11 heteroatoms. The second-order valence-electron chi connectivity index (χ2n) is 6.39. The number of nitrogens with zero attached hydrogens (tertiary/aromatic N) is 3. The summed E-state index contributed by atoms with van der Waals surface area (Å²) in [5, 5.41) is 20.6. The third kappa shape index (κ3) is 4.98. The minimum absolute atomic E-state index is 0.0829. The molecule has 1 aromatic carbocycles. The first-order valence-electron chi connectivity index (χ1n) is 9.29. The van der Waals surface area contributed by atoms with Crippen LogP contribution in [0.4, 0.5) is 5.69 Å². The van der Waals surface area contributed by atoms with Crippen molar-refractivity contribution in [3.63, 3.8) is 0 Å². The van der Waals surface area contributed by atoms with Crippen molar-refractivity contribution in [1.29, 1.82) is 0 Å². The Labute approximate surface area is 190 Å². The number of benzene rings is 1. The third-order valence-electron chi connectivity index (χ3n) is 4.22. The fourth-order valence-corrected chi connectivity index (χ4v) is 3.68. The number of carboxylic acid groups (broad SMARTS) is 1. The zero-order valence-corrected chi connectivity index (χ0v) is 17.9. The maximum atomic E-state index is 12.2. The fourth-order valence-electron chi connectivity index (χ4n) is 2.76. The van der Waals surface area contributed by atoms with Crippen molar-refractivity contribution in [1.82, 2.24) is 15.2 Å². The highest BCUT2D eigenvalue weighted by Gasteiger charge is 2.18. The van der Waals surface area contributed by atoms with E-state index < -0.39 is 5.97 Å². The molecule has 4 aromatic rings. The number of hydrogen-bond acceptors (Lipinski definition) is 8. The van der Waals surface area contributed by atoms with Gasteiger partial charge in [-0.1, -0.05) is 23.4 Å². The van der Waals surface area contributed by atoms with Gasteiger partial charge >= 0.3 is 5.97 Å². The van der Waals surface area contributed by atoms with Gasteiger partial charge in [0.1, 0.15) is 5.69 Å². The zero-order chi connectivity index (χ0) is 22.5. The molecular weight excluding hydrogens is 456 g/mol. The van der Waals surface area contributed by atoms with E-state index in [0.29, 0.717) is 39.5 Å². The molecule has 0 saturated carbocycles. The standard InChI is InChI=1S/C21H15ClN4O5S/c22-14-6-5-12(11-13(14)20(28)29)23-17(27)7-10-32-21-24-18(15-3-1-8-30-15)19(25-26-21)16-4-2-9-31-16/h1-6,8-9,11H,7,10H2,(H,23,27)(H,28,29). The van der Waals surface area contributed by atoms with Gasteiger partial charge in [-0.05, 0) is 42.5 Å². The zero-order valence-electron chi connectivity index (χ0n) is 16.3. The van der Waals surface area contributed by atoms with Crippen molar-refractivity contribution in [2.45, 2.75) is 11.6 Å². The second-order valence-corrected chi connectivity index (χ2v) is 7.86. The predicted molar refractivity (Wildman–Crippen MR) is 118 cm³/mol. The highest BCUT2D eigenvalue weighted by Crippen LogP contribution is 2.30. The Morgan fingerprint density at radius 2 is 1.75 bits per heavy atom. The molecule has 0 radical (unpaired) electrons. The van der Waals surface area contributed by atoms with Crippen LogP contribution >= 0.6 is 23.4 Å². The lowest BCUT2D eigenvalue weighted by molar-refractivity contribution is -0.115. The highest BCUT2D eigenvalue weighted by atomic mass is 35.5. The summed E-state index contributed by atoms with van der Waals surface area (Å²) in [6.45, 7) is 0. The van der Waals surface area contributed by atoms with E-state index in [0.717, 1.165) is 0 Å². The lowest BCUT2D eigenvalue weighted by Gasteiger charge is -2.07. The van der Waals surface area contributed by atoms with Crippen LogP contribution in [0.1, 0.15) is 16.8 Å².